The summed E-state index contributed by atoms with van der Waals surface area (Å²) < 4.78 is 28.7. The number of rotatable bonds is 13. The fourth-order valence-electron chi connectivity index (χ4n) is 5.89. The lowest BCUT2D eigenvalue weighted by Crippen LogP contribution is -2.35. The van der Waals surface area contributed by atoms with E-state index in [1.807, 2.05) is 19.1 Å². The fourth-order valence-corrected chi connectivity index (χ4v) is 7.61. The molecule has 0 spiro atoms. The number of unbranched alkanes of at least 4 members (excludes halogenated alkanes) is 2. The molecule has 0 aromatic heterocycles. The first kappa shape index (κ1) is 31.2. The van der Waals surface area contributed by atoms with Crippen LogP contribution in [0.1, 0.15) is 83.8 Å². The Bertz CT molecular complexity index is 1660. The molecule has 11 heteroatoms. The van der Waals surface area contributed by atoms with Crippen LogP contribution in [0.4, 0.5) is 0 Å². The van der Waals surface area contributed by atoms with Crippen LogP contribution in [-0.4, -0.2) is 72.6 Å². The number of carbonyl (C=O) groups excluding carboxylic acids is 4. The van der Waals surface area contributed by atoms with E-state index in [1.165, 1.54) is 4.90 Å². The lowest BCUT2D eigenvalue weighted by molar-refractivity contribution is -0.0867. The predicted octanol–water partition coefficient (Wildman–Crippen LogP) is 4.69. The molecule has 3 aromatic rings. The van der Waals surface area contributed by atoms with Crippen molar-refractivity contribution in [2.24, 2.45) is 0 Å². The van der Waals surface area contributed by atoms with E-state index in [2.05, 4.69) is 0 Å². The number of hydrogen-bond donors (Lipinski definition) is 0. The maximum absolute atomic E-state index is 13.9. The number of hydroxylamine groups is 1. The topological polar surface area (TPSA) is 121 Å². The summed E-state index contributed by atoms with van der Waals surface area (Å²) >= 11 is 0. The number of sulfonamides is 1. The fraction of sp³-hybridized carbons (Fsp3) is 0.333. The molecule has 3 aromatic carbocycles. The molecule has 0 aliphatic carbocycles. The van der Waals surface area contributed by atoms with Crippen molar-refractivity contribution < 1.29 is 32.4 Å². The number of amides is 4. The summed E-state index contributed by atoms with van der Waals surface area (Å²) in [5.74, 6) is -1.39. The van der Waals surface area contributed by atoms with E-state index in [1.54, 1.807) is 62.4 Å². The normalized spacial score (nSPS) is 14.6. The largest absolute Gasteiger partial charge is 0.284 e. The molecule has 0 atom stereocenters. The number of carbonyl (C=O) groups is 4. The Kier molecular flexibility index (Phi) is 9.10. The zero-order valence-corrected chi connectivity index (χ0v) is 25.9. The Morgan fingerprint density at radius 2 is 1.07 bits per heavy atom. The van der Waals surface area contributed by atoms with Crippen LogP contribution in [0.2, 0.25) is 0 Å². The third-order valence-electron chi connectivity index (χ3n) is 7.87. The molecule has 0 N–H and O–H groups in total. The summed E-state index contributed by atoms with van der Waals surface area (Å²) in [7, 11) is -4.06. The number of imide groups is 2. The zero-order valence-electron chi connectivity index (χ0n) is 25.0. The predicted molar refractivity (Wildman–Crippen MR) is 163 cm³/mol. The Morgan fingerprint density at radius 1 is 0.636 bits per heavy atom. The van der Waals surface area contributed by atoms with Gasteiger partial charge in [-0.15, -0.1) is 0 Å². The van der Waals surface area contributed by atoms with Crippen LogP contribution in [0, 0.1) is 20.8 Å². The molecule has 0 bridgehead atoms. The van der Waals surface area contributed by atoms with Crippen molar-refractivity contribution in [1.29, 1.82) is 0 Å². The monoisotopic (exact) mass is 617 g/mol. The molecule has 2 aliphatic rings. The minimum absolute atomic E-state index is 0.0361. The highest BCUT2D eigenvalue weighted by Crippen LogP contribution is 2.27. The molecule has 5 rings (SSSR count). The van der Waals surface area contributed by atoms with Gasteiger partial charge in [-0.3, -0.25) is 33.8 Å². The van der Waals surface area contributed by atoms with Gasteiger partial charge in [-0.05, 0) is 75.4 Å². The average Bonchev–Trinajstić information content (AvgIpc) is 3.37. The van der Waals surface area contributed by atoms with Crippen LogP contribution in [0.25, 0.3) is 0 Å². The standard InChI is InChI=1S/C33H35N3O7S/c1-22-20-23(2)29(24(3)21-22)44(41,42)36(43-19-11-17-35-32(39)27-14-7-8-15-28(27)33(35)40)18-10-4-9-16-34-30(37)25-12-5-6-13-26(25)31(34)38/h5-8,12-15,20-21H,4,9-11,16-19H2,1-3H3. The molecule has 2 heterocycles. The van der Waals surface area contributed by atoms with Crippen molar-refractivity contribution in [2.45, 2.75) is 51.3 Å². The van der Waals surface area contributed by atoms with Crippen LogP contribution in [0.3, 0.4) is 0 Å². The van der Waals surface area contributed by atoms with Crippen LogP contribution < -0.4 is 0 Å². The summed E-state index contributed by atoms with van der Waals surface area (Å²) in [5.41, 5.74) is 3.66. The Morgan fingerprint density at radius 3 is 1.52 bits per heavy atom. The van der Waals surface area contributed by atoms with E-state index < -0.39 is 10.0 Å². The minimum Gasteiger partial charge on any atom is -0.284 e. The van der Waals surface area contributed by atoms with Crippen LogP contribution in [0.15, 0.2) is 65.6 Å². The van der Waals surface area contributed by atoms with Gasteiger partial charge in [0.25, 0.3) is 33.7 Å². The van der Waals surface area contributed by atoms with Gasteiger partial charge in [0.1, 0.15) is 0 Å². The highest BCUT2D eigenvalue weighted by molar-refractivity contribution is 7.89. The Balaban J connectivity index is 1.21. The Labute approximate surface area is 257 Å². The molecule has 0 unspecified atom stereocenters. The summed E-state index contributed by atoms with van der Waals surface area (Å²) in [6, 6.07) is 17.0. The van der Waals surface area contributed by atoms with Crippen LogP contribution in [0.5, 0.6) is 0 Å². The molecule has 2 aliphatic heterocycles. The number of benzene rings is 3. The maximum Gasteiger partial charge on any atom is 0.265 e. The Hall–Kier alpha value is -4.19. The van der Waals surface area contributed by atoms with Gasteiger partial charge in [0, 0.05) is 19.6 Å². The van der Waals surface area contributed by atoms with Gasteiger partial charge < -0.3 is 0 Å². The van der Waals surface area contributed by atoms with Crippen molar-refractivity contribution in [3.05, 3.63) is 99.6 Å². The molecule has 0 saturated carbocycles. The first-order valence-corrected chi connectivity index (χ1v) is 16.1. The van der Waals surface area contributed by atoms with Crippen molar-refractivity contribution in [1.82, 2.24) is 14.3 Å². The molecule has 0 radical (unpaired) electrons. The third kappa shape index (κ3) is 5.95. The highest BCUT2D eigenvalue weighted by Gasteiger charge is 2.36. The maximum atomic E-state index is 13.9. The van der Waals surface area contributed by atoms with Crippen LogP contribution in [-0.2, 0) is 14.9 Å². The van der Waals surface area contributed by atoms with Crippen molar-refractivity contribution >= 4 is 33.7 Å². The molecule has 0 saturated heterocycles. The van der Waals surface area contributed by atoms with E-state index in [-0.39, 0.29) is 61.2 Å². The summed E-state index contributed by atoms with van der Waals surface area (Å²) in [5, 5.41) is 0. The van der Waals surface area contributed by atoms with E-state index >= 15 is 0 Å². The number of fused-ring (bicyclic) bond motifs is 2. The van der Waals surface area contributed by atoms with Gasteiger partial charge in [0.2, 0.25) is 0 Å². The van der Waals surface area contributed by atoms with E-state index in [0.717, 1.165) is 14.9 Å². The first-order valence-electron chi connectivity index (χ1n) is 14.7. The second-order valence-corrected chi connectivity index (χ2v) is 12.9. The lowest BCUT2D eigenvalue weighted by atomic mass is 10.1. The quantitative estimate of drug-likeness (QED) is 0.155. The molecule has 4 amide bonds. The zero-order chi connectivity index (χ0) is 31.6. The average molecular weight is 618 g/mol. The second kappa shape index (κ2) is 12.8. The number of hydrogen-bond acceptors (Lipinski definition) is 7. The molecule has 10 nitrogen and oxygen atoms in total. The molecule has 0 fully saturated rings. The molecule has 230 valence electrons. The first-order chi connectivity index (χ1) is 21.0. The highest BCUT2D eigenvalue weighted by atomic mass is 32.2. The summed E-state index contributed by atoms with van der Waals surface area (Å²) in [6.07, 6.45) is 1.71. The van der Waals surface area contributed by atoms with E-state index in [9.17, 15) is 27.6 Å². The molecule has 44 heavy (non-hydrogen) atoms. The van der Waals surface area contributed by atoms with Crippen molar-refractivity contribution in [3.8, 4) is 0 Å². The number of nitrogens with zero attached hydrogens (tertiary/aromatic N) is 3. The lowest BCUT2D eigenvalue weighted by Gasteiger charge is -2.24. The van der Waals surface area contributed by atoms with Gasteiger partial charge in [-0.25, -0.2) is 8.42 Å². The van der Waals surface area contributed by atoms with Gasteiger partial charge in [-0.2, -0.15) is 0 Å². The van der Waals surface area contributed by atoms with Crippen molar-refractivity contribution in [2.75, 3.05) is 26.2 Å². The van der Waals surface area contributed by atoms with E-state index in [4.69, 9.17) is 4.84 Å². The van der Waals surface area contributed by atoms with Gasteiger partial charge in [-0.1, -0.05) is 52.9 Å². The van der Waals surface area contributed by atoms with E-state index in [0.29, 0.717) is 52.6 Å². The minimum atomic E-state index is -4.06. The third-order valence-corrected chi connectivity index (χ3v) is 9.85. The van der Waals surface area contributed by atoms with Crippen molar-refractivity contribution in [3.63, 3.8) is 0 Å². The van der Waals surface area contributed by atoms with Gasteiger partial charge in [0.05, 0.1) is 33.8 Å². The van der Waals surface area contributed by atoms with Gasteiger partial charge in [0.15, 0.2) is 0 Å². The smallest absolute Gasteiger partial charge is 0.265 e. The summed E-state index contributed by atoms with van der Waals surface area (Å²) in [6.45, 7) is 5.72. The molecular formula is C33H35N3O7S. The van der Waals surface area contributed by atoms with Crippen LogP contribution >= 0.6 is 0 Å². The second-order valence-electron chi connectivity index (χ2n) is 11.1. The van der Waals surface area contributed by atoms with Gasteiger partial charge >= 0.3 is 0 Å². The number of aryl methyl sites for hydroxylation is 3. The molecular weight excluding hydrogens is 582 g/mol. The SMILES string of the molecule is Cc1cc(C)c(S(=O)(=O)N(CCCCCN2C(=O)c3ccccc3C2=O)OCCCN2C(=O)c3ccccc3C2=O)c(C)c1. The summed E-state index contributed by atoms with van der Waals surface area (Å²) in [4.78, 5) is 59.1.